The normalized spacial score (nSPS) is 19.2. The summed E-state index contributed by atoms with van der Waals surface area (Å²) in [5.74, 6) is 0.623. The van der Waals surface area contributed by atoms with Crippen molar-refractivity contribution in [2.24, 2.45) is 0 Å². The van der Waals surface area contributed by atoms with Crippen LogP contribution in [0.2, 0.25) is 0 Å². The van der Waals surface area contributed by atoms with Gasteiger partial charge in [-0.1, -0.05) is 56.0 Å². The van der Waals surface area contributed by atoms with Crippen LogP contribution in [0.3, 0.4) is 0 Å². The van der Waals surface area contributed by atoms with Crippen LogP contribution in [0.5, 0.6) is 0 Å². The van der Waals surface area contributed by atoms with E-state index >= 15 is 0 Å². The molecule has 1 aromatic rings. The van der Waals surface area contributed by atoms with Crippen LogP contribution in [-0.2, 0) is 0 Å². The molecule has 1 aliphatic rings. The lowest BCUT2D eigenvalue weighted by Crippen LogP contribution is -2.33. The van der Waals surface area contributed by atoms with Crippen molar-refractivity contribution in [1.82, 2.24) is 5.32 Å². The zero-order valence-corrected chi connectivity index (χ0v) is 11.2. The van der Waals surface area contributed by atoms with E-state index in [0.29, 0.717) is 5.92 Å². The Kier molecular flexibility index (Phi) is 4.61. The predicted octanol–water partition coefficient (Wildman–Crippen LogP) is 4.02. The van der Waals surface area contributed by atoms with E-state index in [2.05, 4.69) is 43.4 Å². The second-order valence-electron chi connectivity index (χ2n) is 5.55. The third-order valence-electron chi connectivity index (χ3n) is 3.96. The minimum absolute atomic E-state index is 0.623. The number of rotatable bonds is 4. The van der Waals surface area contributed by atoms with Gasteiger partial charge in [0.05, 0.1) is 0 Å². The molecule has 0 heterocycles. The molecule has 17 heavy (non-hydrogen) atoms. The van der Waals surface area contributed by atoms with Gasteiger partial charge in [0.2, 0.25) is 0 Å². The molecule has 2 rings (SSSR count). The molecule has 0 spiro atoms. The van der Waals surface area contributed by atoms with Crippen LogP contribution >= 0.6 is 0 Å². The largest absolute Gasteiger partial charge is 0.313 e. The Hall–Kier alpha value is -0.820. The molecular formula is C16H25N. The zero-order valence-electron chi connectivity index (χ0n) is 11.2. The first-order valence-electron chi connectivity index (χ1n) is 7.05. The lowest BCUT2D eigenvalue weighted by molar-refractivity contribution is 0.367. The van der Waals surface area contributed by atoms with E-state index in [0.717, 1.165) is 12.6 Å². The monoisotopic (exact) mass is 231 g/mol. The van der Waals surface area contributed by atoms with Gasteiger partial charge >= 0.3 is 0 Å². The first-order chi connectivity index (χ1) is 8.25. The highest BCUT2D eigenvalue weighted by atomic mass is 14.9. The fourth-order valence-electron chi connectivity index (χ4n) is 2.66. The first-order valence-corrected chi connectivity index (χ1v) is 7.05. The number of hydrogen-bond donors (Lipinski definition) is 1. The Morgan fingerprint density at radius 1 is 1.12 bits per heavy atom. The minimum Gasteiger partial charge on any atom is -0.313 e. The zero-order chi connectivity index (χ0) is 12.1. The lowest BCUT2D eigenvalue weighted by Gasteiger charge is -2.24. The second kappa shape index (κ2) is 6.20. The first kappa shape index (κ1) is 12.6. The number of aryl methyl sites for hydroxylation is 1. The summed E-state index contributed by atoms with van der Waals surface area (Å²) < 4.78 is 0. The van der Waals surface area contributed by atoms with E-state index < -0.39 is 0 Å². The highest BCUT2D eigenvalue weighted by molar-refractivity contribution is 5.24. The third kappa shape index (κ3) is 3.85. The maximum absolute atomic E-state index is 3.73. The van der Waals surface area contributed by atoms with Crippen LogP contribution in [0.4, 0.5) is 0 Å². The number of nitrogens with one attached hydrogen (secondary N) is 1. The molecule has 0 saturated heterocycles. The fraction of sp³-hybridized carbons (Fsp3) is 0.625. The smallest absolute Gasteiger partial charge is 0.00673 e. The highest BCUT2D eigenvalue weighted by Crippen LogP contribution is 2.19. The molecule has 1 heteroatoms. The Bertz CT molecular complexity index is 322. The quantitative estimate of drug-likeness (QED) is 0.825. The minimum atomic E-state index is 0.623. The summed E-state index contributed by atoms with van der Waals surface area (Å²) >= 11 is 0. The molecule has 1 saturated carbocycles. The molecule has 1 fully saturated rings. The molecule has 94 valence electrons. The summed E-state index contributed by atoms with van der Waals surface area (Å²) in [5, 5.41) is 3.73. The summed E-state index contributed by atoms with van der Waals surface area (Å²) in [5.41, 5.74) is 2.81. The van der Waals surface area contributed by atoms with Gasteiger partial charge in [0.15, 0.2) is 0 Å². The molecule has 0 aliphatic heterocycles. The predicted molar refractivity (Wildman–Crippen MR) is 74.5 cm³/mol. The van der Waals surface area contributed by atoms with Crippen molar-refractivity contribution in [3.63, 3.8) is 0 Å². The van der Waals surface area contributed by atoms with Crippen molar-refractivity contribution in [2.45, 2.75) is 57.9 Å². The lowest BCUT2D eigenvalue weighted by atomic mass is 9.94. The van der Waals surface area contributed by atoms with E-state index in [9.17, 15) is 0 Å². The van der Waals surface area contributed by atoms with Crippen LogP contribution in [0, 0.1) is 6.92 Å². The summed E-state index contributed by atoms with van der Waals surface area (Å²) in [7, 11) is 0. The molecule has 0 bridgehead atoms. The van der Waals surface area contributed by atoms with Crippen molar-refractivity contribution < 1.29 is 0 Å². The summed E-state index contributed by atoms with van der Waals surface area (Å²) in [6, 6.07) is 9.74. The van der Waals surface area contributed by atoms with Gasteiger partial charge < -0.3 is 5.32 Å². The Balaban J connectivity index is 1.80. The van der Waals surface area contributed by atoms with E-state index in [1.165, 1.54) is 43.2 Å². The summed E-state index contributed by atoms with van der Waals surface area (Å²) in [6.45, 7) is 5.59. The van der Waals surface area contributed by atoms with Gasteiger partial charge in [-0.25, -0.2) is 0 Å². The van der Waals surface area contributed by atoms with Gasteiger partial charge in [-0.05, 0) is 31.2 Å². The summed E-state index contributed by atoms with van der Waals surface area (Å²) in [6.07, 6.45) is 7.01. The Morgan fingerprint density at radius 2 is 1.76 bits per heavy atom. The van der Waals surface area contributed by atoms with E-state index in [1.54, 1.807) is 0 Å². The third-order valence-corrected chi connectivity index (χ3v) is 3.96. The molecule has 1 nitrogen and oxygen atoms in total. The fourth-order valence-corrected chi connectivity index (χ4v) is 2.66. The standard InChI is InChI=1S/C16H25N/c1-13-8-10-15(11-9-13)14(2)12-17-16-6-4-3-5-7-16/h8-11,14,16-17H,3-7,12H2,1-2H3. The topological polar surface area (TPSA) is 12.0 Å². The van der Waals surface area contributed by atoms with Crippen LogP contribution < -0.4 is 5.32 Å². The van der Waals surface area contributed by atoms with Crippen molar-refractivity contribution in [3.8, 4) is 0 Å². The average molecular weight is 231 g/mol. The molecule has 1 unspecified atom stereocenters. The number of benzene rings is 1. The highest BCUT2D eigenvalue weighted by Gasteiger charge is 2.14. The van der Waals surface area contributed by atoms with E-state index in [-0.39, 0.29) is 0 Å². The molecule has 0 radical (unpaired) electrons. The van der Waals surface area contributed by atoms with E-state index in [4.69, 9.17) is 0 Å². The van der Waals surface area contributed by atoms with Crippen molar-refractivity contribution in [1.29, 1.82) is 0 Å². The molecule has 1 N–H and O–H groups in total. The van der Waals surface area contributed by atoms with Gasteiger partial charge in [0, 0.05) is 12.6 Å². The molecular weight excluding hydrogens is 206 g/mol. The van der Waals surface area contributed by atoms with Crippen molar-refractivity contribution >= 4 is 0 Å². The van der Waals surface area contributed by atoms with Crippen molar-refractivity contribution in [2.75, 3.05) is 6.54 Å². The van der Waals surface area contributed by atoms with Gasteiger partial charge in [0.25, 0.3) is 0 Å². The summed E-state index contributed by atoms with van der Waals surface area (Å²) in [4.78, 5) is 0. The van der Waals surface area contributed by atoms with Gasteiger partial charge in [-0.3, -0.25) is 0 Å². The van der Waals surface area contributed by atoms with Crippen LogP contribution in [-0.4, -0.2) is 12.6 Å². The maximum Gasteiger partial charge on any atom is 0.00673 e. The van der Waals surface area contributed by atoms with Gasteiger partial charge in [-0.15, -0.1) is 0 Å². The SMILES string of the molecule is Cc1ccc(C(C)CNC2CCCCC2)cc1. The van der Waals surface area contributed by atoms with Crippen molar-refractivity contribution in [3.05, 3.63) is 35.4 Å². The number of hydrogen-bond acceptors (Lipinski definition) is 1. The average Bonchev–Trinajstić information content (AvgIpc) is 2.38. The molecule has 1 atom stereocenters. The molecule has 0 aromatic heterocycles. The molecule has 0 amide bonds. The maximum atomic E-state index is 3.73. The molecule has 1 aliphatic carbocycles. The Morgan fingerprint density at radius 3 is 2.41 bits per heavy atom. The second-order valence-corrected chi connectivity index (χ2v) is 5.55. The van der Waals surface area contributed by atoms with Crippen LogP contribution in [0.25, 0.3) is 0 Å². The Labute approximate surface area is 106 Å². The molecule has 1 aromatic carbocycles. The van der Waals surface area contributed by atoms with Gasteiger partial charge in [-0.2, -0.15) is 0 Å². The van der Waals surface area contributed by atoms with Gasteiger partial charge in [0.1, 0.15) is 0 Å². The van der Waals surface area contributed by atoms with Crippen LogP contribution in [0.1, 0.15) is 56.1 Å². The van der Waals surface area contributed by atoms with E-state index in [1.807, 2.05) is 0 Å². The van der Waals surface area contributed by atoms with Crippen LogP contribution in [0.15, 0.2) is 24.3 Å².